The summed E-state index contributed by atoms with van der Waals surface area (Å²) in [4.78, 5) is 55.8. The number of halogens is 4. The number of carbonyl (C=O) groups excluding carboxylic acids is 4. The fraction of sp³-hybridized carbons (Fsp3) is 0.176. The number of nitrogens with zero attached hydrogens (tertiary/aromatic N) is 2. The Balaban J connectivity index is 1.46. The average Bonchev–Trinajstić information content (AvgIpc) is 3.04. The molecule has 0 aliphatic rings. The van der Waals surface area contributed by atoms with Crippen LogP contribution in [0.25, 0.3) is 0 Å². The standard InChI is InChI=1S/C34H32I4N6O4/c35-23-1-9-27(10-2-23)39-31(45)19-43(20-32(46)40-28-11-3-24(36)4-12-28)17-18-44(21-33(47)41-29-13-5-25(37)6-14-29)22-34(48)42-30-15-7-26(38)8-16-30/h1-16H,17-22H2,(H,39,45)(H,40,46)(H,41,47)(H,42,48). The van der Waals surface area contributed by atoms with Crippen LogP contribution in [0, 0.1) is 14.3 Å². The SMILES string of the molecule is O=C(CN(CCN(CC(=O)Nc1ccc(I)cc1)CC(=O)Nc1ccc(I)cc1)CC(=O)Nc1ccc(I)cc1)Nc1ccc(I)cc1. The van der Waals surface area contributed by atoms with E-state index in [9.17, 15) is 19.2 Å². The van der Waals surface area contributed by atoms with Gasteiger partial charge in [0.15, 0.2) is 0 Å². The van der Waals surface area contributed by atoms with Crippen molar-refractivity contribution in [1.82, 2.24) is 9.80 Å². The fourth-order valence-electron chi connectivity index (χ4n) is 4.46. The summed E-state index contributed by atoms with van der Waals surface area (Å²) < 4.78 is 4.15. The van der Waals surface area contributed by atoms with Gasteiger partial charge in [-0.25, -0.2) is 0 Å². The van der Waals surface area contributed by atoms with Crippen LogP contribution in [0.5, 0.6) is 0 Å². The molecule has 10 nitrogen and oxygen atoms in total. The predicted molar refractivity (Wildman–Crippen MR) is 224 cm³/mol. The number of amides is 4. The van der Waals surface area contributed by atoms with Crippen molar-refractivity contribution < 1.29 is 19.2 Å². The highest BCUT2D eigenvalue weighted by Crippen LogP contribution is 2.15. The molecule has 4 rings (SSSR count). The van der Waals surface area contributed by atoms with Crippen molar-refractivity contribution in [2.75, 3.05) is 60.5 Å². The molecule has 0 aliphatic heterocycles. The van der Waals surface area contributed by atoms with Crippen LogP contribution in [0.2, 0.25) is 0 Å². The largest absolute Gasteiger partial charge is 0.325 e. The maximum Gasteiger partial charge on any atom is 0.238 e. The van der Waals surface area contributed by atoms with Crippen LogP contribution < -0.4 is 21.3 Å². The first-order chi connectivity index (χ1) is 23.0. The molecule has 0 bridgehead atoms. The van der Waals surface area contributed by atoms with E-state index in [4.69, 9.17) is 0 Å². The lowest BCUT2D eigenvalue weighted by Gasteiger charge is -2.26. The molecule has 0 heterocycles. The molecule has 0 spiro atoms. The van der Waals surface area contributed by atoms with Crippen molar-refractivity contribution in [1.29, 1.82) is 0 Å². The lowest BCUT2D eigenvalue weighted by atomic mass is 10.3. The number of hydrogen-bond acceptors (Lipinski definition) is 6. The summed E-state index contributed by atoms with van der Waals surface area (Å²) in [5.41, 5.74) is 2.57. The smallest absolute Gasteiger partial charge is 0.238 e. The highest BCUT2D eigenvalue weighted by Gasteiger charge is 2.20. The Morgan fingerprint density at radius 2 is 0.562 bits per heavy atom. The number of anilines is 4. The first kappa shape index (κ1) is 38.4. The second-order valence-corrected chi connectivity index (χ2v) is 15.6. The van der Waals surface area contributed by atoms with E-state index in [1.165, 1.54) is 0 Å². The topological polar surface area (TPSA) is 123 Å². The van der Waals surface area contributed by atoms with Crippen LogP contribution in [0.4, 0.5) is 22.7 Å². The van der Waals surface area contributed by atoms with Gasteiger partial charge in [-0.15, -0.1) is 0 Å². The second kappa shape index (κ2) is 19.7. The molecular formula is C34H32I4N6O4. The number of rotatable bonds is 15. The number of nitrogens with one attached hydrogen (secondary N) is 4. The van der Waals surface area contributed by atoms with E-state index in [2.05, 4.69) is 112 Å². The highest BCUT2D eigenvalue weighted by molar-refractivity contribution is 14.1. The third kappa shape index (κ3) is 14.2. The van der Waals surface area contributed by atoms with E-state index in [-0.39, 0.29) is 62.9 Å². The molecule has 0 aromatic heterocycles. The van der Waals surface area contributed by atoms with Crippen molar-refractivity contribution in [3.63, 3.8) is 0 Å². The third-order valence-corrected chi connectivity index (χ3v) is 9.59. The highest BCUT2D eigenvalue weighted by atomic mass is 127. The molecule has 4 amide bonds. The molecule has 48 heavy (non-hydrogen) atoms. The zero-order valence-electron chi connectivity index (χ0n) is 25.5. The molecule has 0 fully saturated rings. The lowest BCUT2D eigenvalue weighted by molar-refractivity contribution is -0.123. The Bertz CT molecular complexity index is 1440. The number of hydrogen-bond donors (Lipinski definition) is 4. The van der Waals surface area contributed by atoms with E-state index < -0.39 is 0 Å². The monoisotopic (exact) mass is 1100 g/mol. The van der Waals surface area contributed by atoms with Gasteiger partial charge in [0.2, 0.25) is 23.6 Å². The van der Waals surface area contributed by atoms with Crippen LogP contribution in [0.1, 0.15) is 0 Å². The fourth-order valence-corrected chi connectivity index (χ4v) is 5.90. The first-order valence-corrected chi connectivity index (χ1v) is 19.0. The van der Waals surface area contributed by atoms with Crippen molar-refractivity contribution in [3.8, 4) is 0 Å². The normalized spacial score (nSPS) is 10.9. The van der Waals surface area contributed by atoms with Crippen LogP contribution in [0.15, 0.2) is 97.1 Å². The van der Waals surface area contributed by atoms with Gasteiger partial charge in [-0.3, -0.25) is 29.0 Å². The summed E-state index contributed by atoms with van der Waals surface area (Å²) in [7, 11) is 0. The molecule has 14 heteroatoms. The van der Waals surface area contributed by atoms with E-state index in [1.54, 1.807) is 9.80 Å². The quantitative estimate of drug-likeness (QED) is 0.100. The molecule has 0 saturated carbocycles. The minimum Gasteiger partial charge on any atom is -0.325 e. The Labute approximate surface area is 334 Å². The van der Waals surface area contributed by atoms with Crippen molar-refractivity contribution >= 4 is 137 Å². The lowest BCUT2D eigenvalue weighted by Crippen LogP contribution is -2.46. The Hall–Kier alpha value is -2.40. The van der Waals surface area contributed by atoms with Crippen molar-refractivity contribution in [2.24, 2.45) is 0 Å². The second-order valence-electron chi connectivity index (χ2n) is 10.6. The van der Waals surface area contributed by atoms with Crippen molar-refractivity contribution in [3.05, 3.63) is 111 Å². The summed E-state index contributed by atoms with van der Waals surface area (Å²) in [6, 6.07) is 29.6. The molecule has 0 radical (unpaired) electrons. The summed E-state index contributed by atoms with van der Waals surface area (Å²) >= 11 is 8.77. The zero-order valence-corrected chi connectivity index (χ0v) is 34.1. The van der Waals surface area contributed by atoms with Crippen LogP contribution in [-0.2, 0) is 19.2 Å². The van der Waals surface area contributed by atoms with Crippen LogP contribution in [0.3, 0.4) is 0 Å². The van der Waals surface area contributed by atoms with Gasteiger partial charge in [0.1, 0.15) is 0 Å². The minimum absolute atomic E-state index is 0.0797. The Morgan fingerprint density at radius 1 is 0.375 bits per heavy atom. The Kier molecular flexibility index (Phi) is 15.8. The van der Waals surface area contributed by atoms with Gasteiger partial charge in [-0.05, 0) is 187 Å². The molecule has 4 N–H and O–H groups in total. The van der Waals surface area contributed by atoms with Gasteiger partial charge in [0.25, 0.3) is 0 Å². The number of carbonyl (C=O) groups is 4. The molecule has 4 aromatic carbocycles. The van der Waals surface area contributed by atoms with E-state index in [0.717, 1.165) is 14.3 Å². The summed E-state index contributed by atoms with van der Waals surface area (Å²) in [6.45, 7) is 0.141. The van der Waals surface area contributed by atoms with Crippen LogP contribution >= 0.6 is 90.4 Å². The minimum atomic E-state index is -0.294. The summed E-state index contributed by atoms with van der Waals surface area (Å²) in [5.74, 6) is -1.18. The zero-order chi connectivity index (χ0) is 34.5. The predicted octanol–water partition coefficient (Wildman–Crippen LogP) is 6.56. The molecular weight excluding hydrogens is 1060 g/mol. The van der Waals surface area contributed by atoms with Gasteiger partial charge in [0.05, 0.1) is 26.2 Å². The maximum absolute atomic E-state index is 13.1. The van der Waals surface area contributed by atoms with E-state index in [0.29, 0.717) is 22.7 Å². The average molecular weight is 1100 g/mol. The van der Waals surface area contributed by atoms with Gasteiger partial charge in [0, 0.05) is 50.1 Å². The Morgan fingerprint density at radius 3 is 0.750 bits per heavy atom. The van der Waals surface area contributed by atoms with Crippen molar-refractivity contribution in [2.45, 2.75) is 0 Å². The van der Waals surface area contributed by atoms with E-state index in [1.807, 2.05) is 97.1 Å². The molecule has 0 unspecified atom stereocenters. The van der Waals surface area contributed by atoms with Gasteiger partial charge < -0.3 is 21.3 Å². The number of benzene rings is 4. The maximum atomic E-state index is 13.1. The van der Waals surface area contributed by atoms with Gasteiger partial charge in [-0.2, -0.15) is 0 Å². The molecule has 0 aliphatic carbocycles. The summed E-state index contributed by atoms with van der Waals surface area (Å²) in [6.07, 6.45) is 0. The van der Waals surface area contributed by atoms with Gasteiger partial charge >= 0.3 is 0 Å². The molecule has 250 valence electrons. The summed E-state index contributed by atoms with van der Waals surface area (Å²) in [5, 5.41) is 11.5. The third-order valence-electron chi connectivity index (χ3n) is 6.71. The molecule has 4 aromatic rings. The van der Waals surface area contributed by atoms with Crippen LogP contribution in [-0.4, -0.2) is 72.7 Å². The molecule has 0 saturated heterocycles. The molecule has 0 atom stereocenters. The first-order valence-electron chi connectivity index (χ1n) is 14.7. The van der Waals surface area contributed by atoms with Gasteiger partial charge in [-0.1, -0.05) is 0 Å². The van der Waals surface area contributed by atoms with E-state index >= 15 is 0 Å².